The van der Waals surface area contributed by atoms with E-state index in [1.54, 1.807) is 6.92 Å². The molecule has 0 bridgehead atoms. The van der Waals surface area contributed by atoms with Crippen molar-refractivity contribution in [2.24, 2.45) is 0 Å². The topological polar surface area (TPSA) is 29.1 Å². The molecule has 0 saturated heterocycles. The van der Waals surface area contributed by atoms with E-state index in [4.69, 9.17) is 11.6 Å². The first kappa shape index (κ1) is 15.4. The van der Waals surface area contributed by atoms with Gasteiger partial charge >= 0.3 is 0 Å². The second-order valence-electron chi connectivity index (χ2n) is 4.91. The van der Waals surface area contributed by atoms with Crippen LogP contribution in [0.4, 0.5) is 8.78 Å². The quantitative estimate of drug-likeness (QED) is 0.854. The minimum Gasteiger partial charge on any atom is -0.341 e. The molecule has 0 aliphatic carbocycles. The van der Waals surface area contributed by atoms with E-state index in [1.165, 1.54) is 0 Å². The minimum atomic E-state index is -0.876. The summed E-state index contributed by atoms with van der Waals surface area (Å²) in [5.41, 5.74) is -0.439. The lowest BCUT2D eigenvalue weighted by atomic mass is 9.93. The van der Waals surface area contributed by atoms with Crippen molar-refractivity contribution in [2.75, 3.05) is 5.88 Å². The van der Waals surface area contributed by atoms with Crippen LogP contribution in [0.3, 0.4) is 0 Å². The summed E-state index contributed by atoms with van der Waals surface area (Å²) < 4.78 is 26.8. The number of hydrogen-bond acceptors (Lipinski definition) is 1. The van der Waals surface area contributed by atoms with Crippen LogP contribution in [0, 0.1) is 11.6 Å². The van der Waals surface area contributed by atoms with Crippen LogP contribution in [0.1, 0.15) is 22.8 Å². The maximum absolute atomic E-state index is 13.6. The van der Waals surface area contributed by atoms with Gasteiger partial charge in [-0.15, -0.1) is 11.6 Å². The van der Waals surface area contributed by atoms with Crippen LogP contribution in [0.25, 0.3) is 0 Å². The van der Waals surface area contributed by atoms with Crippen molar-refractivity contribution in [2.45, 2.75) is 12.5 Å². The number of amides is 1. The fourth-order valence-corrected chi connectivity index (χ4v) is 2.20. The highest BCUT2D eigenvalue weighted by Gasteiger charge is 2.29. The van der Waals surface area contributed by atoms with E-state index in [0.717, 1.165) is 23.8 Å². The Morgan fingerprint density at radius 1 is 1.19 bits per heavy atom. The Morgan fingerprint density at radius 2 is 1.86 bits per heavy atom. The lowest BCUT2D eigenvalue weighted by Gasteiger charge is -2.29. The number of halogens is 3. The summed E-state index contributed by atoms with van der Waals surface area (Å²) in [7, 11) is 0. The minimum absolute atomic E-state index is 0.0969. The first-order chi connectivity index (χ1) is 9.96. The van der Waals surface area contributed by atoms with Gasteiger partial charge in [-0.05, 0) is 30.7 Å². The number of rotatable bonds is 4. The monoisotopic (exact) mass is 309 g/mol. The Balaban J connectivity index is 2.30. The summed E-state index contributed by atoms with van der Waals surface area (Å²) in [6, 6.07) is 11.8. The second-order valence-corrected chi connectivity index (χ2v) is 5.18. The third-order valence-electron chi connectivity index (χ3n) is 3.24. The van der Waals surface area contributed by atoms with Crippen molar-refractivity contribution in [3.8, 4) is 0 Å². The molecule has 21 heavy (non-hydrogen) atoms. The fourth-order valence-electron chi connectivity index (χ4n) is 1.98. The van der Waals surface area contributed by atoms with Gasteiger partial charge in [0.1, 0.15) is 11.6 Å². The maximum atomic E-state index is 13.6. The van der Waals surface area contributed by atoms with Gasteiger partial charge in [0, 0.05) is 5.88 Å². The van der Waals surface area contributed by atoms with Gasteiger partial charge in [-0.3, -0.25) is 4.79 Å². The summed E-state index contributed by atoms with van der Waals surface area (Å²) in [6.07, 6.45) is 0. The maximum Gasteiger partial charge on any atom is 0.255 e. The van der Waals surface area contributed by atoms with Crippen LogP contribution in [-0.2, 0) is 5.54 Å². The second kappa shape index (κ2) is 6.22. The molecule has 0 saturated carbocycles. The van der Waals surface area contributed by atoms with E-state index < -0.39 is 23.1 Å². The molecule has 1 N–H and O–H groups in total. The highest BCUT2D eigenvalue weighted by atomic mass is 35.5. The number of hydrogen-bond donors (Lipinski definition) is 1. The third-order valence-corrected chi connectivity index (χ3v) is 3.78. The first-order valence-corrected chi connectivity index (χ1v) is 6.89. The van der Waals surface area contributed by atoms with Gasteiger partial charge in [0.05, 0.1) is 11.1 Å². The molecule has 0 radical (unpaired) electrons. The zero-order valence-electron chi connectivity index (χ0n) is 11.4. The van der Waals surface area contributed by atoms with Crippen LogP contribution < -0.4 is 5.32 Å². The number of carbonyl (C=O) groups is 1. The molecule has 5 heteroatoms. The number of alkyl halides is 1. The van der Waals surface area contributed by atoms with Crippen LogP contribution in [-0.4, -0.2) is 11.8 Å². The molecular weight excluding hydrogens is 296 g/mol. The van der Waals surface area contributed by atoms with Crippen molar-refractivity contribution in [1.29, 1.82) is 0 Å². The van der Waals surface area contributed by atoms with Crippen molar-refractivity contribution in [3.05, 3.63) is 71.3 Å². The van der Waals surface area contributed by atoms with E-state index >= 15 is 0 Å². The van der Waals surface area contributed by atoms with Gasteiger partial charge in [0.15, 0.2) is 0 Å². The summed E-state index contributed by atoms with van der Waals surface area (Å²) >= 11 is 5.96. The van der Waals surface area contributed by atoms with Gasteiger partial charge < -0.3 is 5.32 Å². The molecule has 0 aromatic heterocycles. The van der Waals surface area contributed by atoms with E-state index in [9.17, 15) is 13.6 Å². The Kier molecular flexibility index (Phi) is 4.58. The molecule has 1 unspecified atom stereocenters. The Labute approximate surface area is 126 Å². The van der Waals surface area contributed by atoms with Crippen LogP contribution in [0.5, 0.6) is 0 Å². The molecule has 2 aromatic rings. The van der Waals surface area contributed by atoms with Crippen molar-refractivity contribution in [1.82, 2.24) is 5.32 Å². The smallest absolute Gasteiger partial charge is 0.255 e. The van der Waals surface area contributed by atoms with Crippen LogP contribution >= 0.6 is 11.6 Å². The van der Waals surface area contributed by atoms with E-state index in [-0.39, 0.29) is 11.4 Å². The van der Waals surface area contributed by atoms with Crippen LogP contribution in [0.15, 0.2) is 48.5 Å². The molecule has 0 heterocycles. The summed E-state index contributed by atoms with van der Waals surface area (Å²) in [5.74, 6) is -2.06. The molecule has 2 rings (SSSR count). The molecule has 110 valence electrons. The molecule has 0 spiro atoms. The van der Waals surface area contributed by atoms with Gasteiger partial charge in [0.25, 0.3) is 5.91 Å². The standard InChI is InChI=1S/C16H14ClF2NO/c1-16(10-17,11-5-3-2-4-6-11)20-15(21)13-9-12(18)7-8-14(13)19/h2-9H,10H2,1H3,(H,20,21). The van der Waals surface area contributed by atoms with Crippen molar-refractivity contribution in [3.63, 3.8) is 0 Å². The fraction of sp³-hybridized carbons (Fsp3) is 0.188. The predicted molar refractivity (Wildman–Crippen MR) is 78.3 cm³/mol. The Bertz CT molecular complexity index is 648. The zero-order chi connectivity index (χ0) is 15.5. The Hall–Kier alpha value is -1.94. The number of nitrogens with one attached hydrogen (secondary N) is 1. The van der Waals surface area contributed by atoms with Crippen LogP contribution in [0.2, 0.25) is 0 Å². The highest BCUT2D eigenvalue weighted by molar-refractivity contribution is 6.19. The Morgan fingerprint density at radius 3 is 2.48 bits per heavy atom. The largest absolute Gasteiger partial charge is 0.341 e. The average Bonchev–Trinajstić information content (AvgIpc) is 2.50. The normalized spacial score (nSPS) is 13.5. The highest BCUT2D eigenvalue weighted by Crippen LogP contribution is 2.23. The molecular formula is C16H14ClF2NO. The SMILES string of the molecule is CC(CCl)(NC(=O)c1cc(F)ccc1F)c1ccccc1. The first-order valence-electron chi connectivity index (χ1n) is 6.35. The van der Waals surface area contributed by atoms with E-state index in [2.05, 4.69) is 5.32 Å². The van der Waals surface area contributed by atoms with Crippen molar-refractivity contribution >= 4 is 17.5 Å². The lowest BCUT2D eigenvalue weighted by Crippen LogP contribution is -2.45. The predicted octanol–water partition coefficient (Wildman–Crippen LogP) is 3.85. The molecule has 0 aliphatic rings. The summed E-state index contributed by atoms with van der Waals surface area (Å²) in [5, 5.41) is 2.67. The molecule has 1 atom stereocenters. The molecule has 1 amide bonds. The molecule has 2 aromatic carbocycles. The molecule has 2 nitrogen and oxygen atoms in total. The van der Waals surface area contributed by atoms with Gasteiger partial charge in [-0.25, -0.2) is 8.78 Å². The number of benzene rings is 2. The van der Waals surface area contributed by atoms with Crippen molar-refractivity contribution < 1.29 is 13.6 Å². The van der Waals surface area contributed by atoms with Gasteiger partial charge in [-0.2, -0.15) is 0 Å². The van der Waals surface area contributed by atoms with Gasteiger partial charge in [0.2, 0.25) is 0 Å². The van der Waals surface area contributed by atoms with E-state index in [0.29, 0.717) is 0 Å². The molecule has 0 aliphatic heterocycles. The van der Waals surface area contributed by atoms with Gasteiger partial charge in [-0.1, -0.05) is 30.3 Å². The zero-order valence-corrected chi connectivity index (χ0v) is 12.1. The summed E-state index contributed by atoms with van der Waals surface area (Å²) in [4.78, 5) is 12.2. The number of carbonyl (C=O) groups excluding carboxylic acids is 1. The molecule has 0 fully saturated rings. The van der Waals surface area contributed by atoms with E-state index in [1.807, 2.05) is 30.3 Å². The lowest BCUT2D eigenvalue weighted by molar-refractivity contribution is 0.0908. The third kappa shape index (κ3) is 3.39. The average molecular weight is 310 g/mol. The summed E-state index contributed by atoms with van der Waals surface area (Å²) in [6.45, 7) is 1.73.